The third-order valence-corrected chi connectivity index (χ3v) is 12.4. The molecule has 1 aliphatic rings. The van der Waals surface area contributed by atoms with Gasteiger partial charge in [0.25, 0.3) is 0 Å². The number of nitrogens with zero attached hydrogens (tertiary/aromatic N) is 3. The number of unbranched alkanes of at least 4 members (excludes halogenated alkanes) is 1. The van der Waals surface area contributed by atoms with E-state index >= 15 is 0 Å². The molecule has 0 aliphatic carbocycles. The van der Waals surface area contributed by atoms with Crippen LogP contribution in [-0.4, -0.2) is 149 Å². The number of carbonyl (C=O) groups excluding carboxylic acids is 6. The summed E-state index contributed by atoms with van der Waals surface area (Å²) in [6.45, 7) is 7.56. The Morgan fingerprint density at radius 3 is 1.96 bits per heavy atom. The minimum absolute atomic E-state index is 0.00211. The number of hydrogen-bond acceptors (Lipinski definition) is 12. The van der Waals surface area contributed by atoms with Crippen molar-refractivity contribution < 1.29 is 48.9 Å². The fourth-order valence-corrected chi connectivity index (χ4v) is 8.23. The quantitative estimate of drug-likeness (QED) is 0.0290. The minimum atomic E-state index is -1.31. The van der Waals surface area contributed by atoms with E-state index in [2.05, 4.69) is 31.6 Å². The molecule has 21 nitrogen and oxygen atoms in total. The van der Waals surface area contributed by atoms with Gasteiger partial charge in [0, 0.05) is 26.1 Å². The lowest BCUT2D eigenvalue weighted by atomic mass is 9.96. The molecule has 1 heterocycles. The molecule has 14 N–H and O–H groups in total. The number of likely N-dealkylation sites (N-methyl/N-ethyl adjacent to an activating group) is 1. The Kier molecular flexibility index (Phi) is 24.4. The van der Waals surface area contributed by atoms with Crippen LogP contribution in [0.1, 0.15) is 96.6 Å². The zero-order valence-corrected chi connectivity index (χ0v) is 41.3. The van der Waals surface area contributed by atoms with Crippen LogP contribution < -0.4 is 43.8 Å². The van der Waals surface area contributed by atoms with E-state index in [1.807, 2.05) is 20.8 Å². The van der Waals surface area contributed by atoms with E-state index < -0.39 is 90.1 Å². The van der Waals surface area contributed by atoms with Crippen molar-refractivity contribution >= 4 is 47.4 Å². The van der Waals surface area contributed by atoms with Gasteiger partial charge in [0.1, 0.15) is 41.7 Å². The Morgan fingerprint density at radius 2 is 1.39 bits per heavy atom. The van der Waals surface area contributed by atoms with E-state index in [1.54, 1.807) is 38.2 Å². The van der Waals surface area contributed by atoms with E-state index in [0.717, 1.165) is 5.56 Å². The minimum Gasteiger partial charge on any atom is -0.508 e. The van der Waals surface area contributed by atoms with Crippen LogP contribution in [0.25, 0.3) is 0 Å². The van der Waals surface area contributed by atoms with Crippen LogP contribution in [0.5, 0.6) is 11.5 Å². The van der Waals surface area contributed by atoms with Gasteiger partial charge in [0.2, 0.25) is 35.4 Å². The summed E-state index contributed by atoms with van der Waals surface area (Å²) in [6, 6.07) is 6.01. The van der Waals surface area contributed by atoms with Gasteiger partial charge < -0.3 is 68.9 Å². The van der Waals surface area contributed by atoms with Crippen molar-refractivity contribution in [3.05, 3.63) is 59.7 Å². The number of aliphatic imine (C=N–C) groups is 1. The molecule has 6 amide bonds. The number of carboxylic acids is 1. The smallest absolute Gasteiger partial charge is 0.326 e. The molecule has 1 fully saturated rings. The van der Waals surface area contributed by atoms with Gasteiger partial charge in [-0.25, -0.2) is 4.79 Å². The predicted octanol–water partition coefficient (Wildman–Crippen LogP) is 0.589. The molecule has 388 valence electrons. The van der Waals surface area contributed by atoms with Crippen LogP contribution in [-0.2, 0) is 46.4 Å². The molecule has 1 aliphatic heterocycles. The van der Waals surface area contributed by atoms with Crippen LogP contribution in [0.2, 0.25) is 0 Å². The van der Waals surface area contributed by atoms with Gasteiger partial charge >= 0.3 is 5.97 Å². The molecular formula is C49H77N11O10. The van der Waals surface area contributed by atoms with Crippen molar-refractivity contribution in [2.45, 2.75) is 135 Å². The van der Waals surface area contributed by atoms with Crippen LogP contribution in [0.3, 0.4) is 0 Å². The molecule has 3 rings (SSSR count). The summed E-state index contributed by atoms with van der Waals surface area (Å²) in [5.74, 6) is -5.34. The third-order valence-electron chi connectivity index (χ3n) is 12.4. The monoisotopic (exact) mass is 980 g/mol. The number of amides is 6. The number of hydrogen-bond donors (Lipinski definition) is 11. The van der Waals surface area contributed by atoms with Gasteiger partial charge in [-0.2, -0.15) is 0 Å². The number of aromatic hydroxyl groups is 2. The number of phenols is 2. The summed E-state index contributed by atoms with van der Waals surface area (Å²) in [4.78, 5) is 104. The van der Waals surface area contributed by atoms with Gasteiger partial charge in [-0.3, -0.25) is 33.8 Å². The standard InChI is InChI=1S/C49H77N11O10/c1-6-31(4)42(45(66)57-39(48(69)70)27-30(2)3)58-44(65)38(28-33-16-20-35(62)21-17-33)55-41(63)29-59(26-22-32-14-18-34(61)19-15-32)47(68)40-13-10-25-60(40)46(67)37(11-7-8-23-50)56-43(64)36(53-5)12-9-24-54-49(51)52/h14-21,30-31,36-40,42,53,61-62H,6-13,22-29,50H2,1-5H3,(H,55,63)(H,56,64)(H,57,66)(H,58,65)(H,69,70)(H4,51,52,54)/t31-,36-,37-,38-,39-,40-,42-/m0/s1. The van der Waals surface area contributed by atoms with E-state index in [4.69, 9.17) is 17.2 Å². The predicted molar refractivity (Wildman–Crippen MR) is 265 cm³/mol. The van der Waals surface area contributed by atoms with Crippen molar-refractivity contribution in [3.63, 3.8) is 0 Å². The average Bonchev–Trinajstić information content (AvgIpc) is 3.81. The first-order valence-corrected chi connectivity index (χ1v) is 24.3. The third kappa shape index (κ3) is 19.1. The Labute approximate surface area is 411 Å². The molecule has 0 spiro atoms. The van der Waals surface area contributed by atoms with Crippen LogP contribution in [0.4, 0.5) is 0 Å². The van der Waals surface area contributed by atoms with Gasteiger partial charge in [-0.05, 0) is 119 Å². The average molecular weight is 980 g/mol. The van der Waals surface area contributed by atoms with Crippen molar-refractivity contribution in [2.24, 2.45) is 34.0 Å². The second-order valence-electron chi connectivity index (χ2n) is 18.4. The maximum absolute atomic E-state index is 14.8. The lowest BCUT2D eigenvalue weighted by Gasteiger charge is -2.33. The number of guanidine groups is 1. The van der Waals surface area contributed by atoms with E-state index in [-0.39, 0.29) is 68.6 Å². The fraction of sp³-hybridized carbons (Fsp3) is 0.592. The summed E-state index contributed by atoms with van der Waals surface area (Å²) in [7, 11) is 1.63. The largest absolute Gasteiger partial charge is 0.508 e. The Balaban J connectivity index is 1.94. The molecule has 2 aromatic carbocycles. The highest BCUT2D eigenvalue weighted by molar-refractivity contribution is 5.96. The molecule has 0 unspecified atom stereocenters. The Hall–Kier alpha value is -6.48. The SMILES string of the molecule is CC[C@H](C)[C@H](NC(=O)[C@H](Cc1ccc(O)cc1)NC(=O)CN(CCc1ccc(O)cc1)C(=O)[C@@H]1CCCN1C(=O)[C@H](CCCCN)NC(=O)[C@H](CCCN=C(N)N)NC)C(=O)N[C@@H](CC(C)C)C(=O)O. The number of benzene rings is 2. The molecule has 70 heavy (non-hydrogen) atoms. The molecule has 7 atom stereocenters. The first kappa shape index (κ1) is 57.8. The summed E-state index contributed by atoms with van der Waals surface area (Å²) in [5.41, 5.74) is 18.0. The second-order valence-corrected chi connectivity index (χ2v) is 18.4. The van der Waals surface area contributed by atoms with E-state index in [1.165, 1.54) is 34.1 Å². The number of phenolic OH excluding ortho intramolecular Hbond substituents is 2. The Bertz CT molecular complexity index is 2050. The topological polar surface area (TPSA) is 337 Å². The highest BCUT2D eigenvalue weighted by atomic mass is 16.4. The molecule has 21 heteroatoms. The van der Waals surface area contributed by atoms with Gasteiger partial charge in [0.15, 0.2) is 5.96 Å². The van der Waals surface area contributed by atoms with Gasteiger partial charge in [-0.1, -0.05) is 58.4 Å². The van der Waals surface area contributed by atoms with Crippen LogP contribution >= 0.6 is 0 Å². The van der Waals surface area contributed by atoms with E-state index in [9.17, 15) is 48.9 Å². The number of carbonyl (C=O) groups is 7. The van der Waals surface area contributed by atoms with Crippen LogP contribution in [0, 0.1) is 11.8 Å². The lowest BCUT2D eigenvalue weighted by molar-refractivity contribution is -0.147. The van der Waals surface area contributed by atoms with Crippen molar-refractivity contribution in [1.29, 1.82) is 0 Å². The summed E-state index contributed by atoms with van der Waals surface area (Å²) in [5, 5.41) is 43.7. The number of aliphatic carboxylic acids is 1. The molecule has 1 saturated heterocycles. The number of nitrogens with two attached hydrogens (primary N) is 3. The van der Waals surface area contributed by atoms with Crippen molar-refractivity contribution in [1.82, 2.24) is 36.4 Å². The molecular weight excluding hydrogens is 903 g/mol. The summed E-state index contributed by atoms with van der Waals surface area (Å²) >= 11 is 0. The molecule has 0 bridgehead atoms. The summed E-state index contributed by atoms with van der Waals surface area (Å²) in [6.07, 6.45) is 3.75. The highest BCUT2D eigenvalue weighted by Gasteiger charge is 2.41. The highest BCUT2D eigenvalue weighted by Crippen LogP contribution is 2.23. The first-order valence-electron chi connectivity index (χ1n) is 24.3. The Morgan fingerprint density at radius 1 is 0.786 bits per heavy atom. The molecule has 0 saturated carbocycles. The summed E-state index contributed by atoms with van der Waals surface area (Å²) < 4.78 is 0. The normalized spacial score (nSPS) is 15.9. The van der Waals surface area contributed by atoms with Crippen molar-refractivity contribution in [3.8, 4) is 11.5 Å². The number of rotatable bonds is 30. The molecule has 2 aromatic rings. The molecule has 0 aromatic heterocycles. The maximum atomic E-state index is 14.8. The lowest BCUT2D eigenvalue weighted by Crippen LogP contribution is -2.59. The number of carboxylic acid groups (broad SMARTS) is 1. The van der Waals surface area contributed by atoms with Crippen LogP contribution in [0.15, 0.2) is 53.5 Å². The zero-order valence-electron chi connectivity index (χ0n) is 41.3. The van der Waals surface area contributed by atoms with Gasteiger partial charge in [0.05, 0.1) is 12.6 Å². The number of likely N-dealkylation sites (tertiary alicyclic amines) is 1. The molecule has 0 radical (unpaired) electrons. The zero-order chi connectivity index (χ0) is 51.9. The number of nitrogens with one attached hydrogen (secondary N) is 5. The first-order chi connectivity index (χ1) is 33.3. The van der Waals surface area contributed by atoms with Crippen molar-refractivity contribution in [2.75, 3.05) is 39.8 Å². The second kappa shape index (κ2) is 29.5. The van der Waals surface area contributed by atoms with E-state index in [0.29, 0.717) is 57.2 Å². The fourth-order valence-electron chi connectivity index (χ4n) is 8.23. The van der Waals surface area contributed by atoms with Gasteiger partial charge in [-0.15, -0.1) is 0 Å². The maximum Gasteiger partial charge on any atom is 0.326 e.